The fourth-order valence-electron chi connectivity index (χ4n) is 1.08. The number of anilines is 1. The molecule has 0 spiro atoms. The predicted molar refractivity (Wildman–Crippen MR) is 61.9 cm³/mol. The van der Waals surface area contributed by atoms with Crippen molar-refractivity contribution in [3.8, 4) is 0 Å². The van der Waals surface area contributed by atoms with Crippen LogP contribution >= 0.6 is 11.3 Å². The molecular weight excluding hydrogens is 246 g/mol. The first kappa shape index (κ1) is 11.0. The lowest BCUT2D eigenvalue weighted by molar-refractivity contribution is 0.602. The highest BCUT2D eigenvalue weighted by molar-refractivity contribution is 7.94. The molecule has 0 radical (unpaired) electrons. The van der Waals surface area contributed by atoms with Crippen molar-refractivity contribution in [1.82, 2.24) is 9.97 Å². The molecule has 0 amide bonds. The van der Waals surface area contributed by atoms with Crippen LogP contribution in [-0.2, 0) is 10.0 Å². The van der Waals surface area contributed by atoms with E-state index in [2.05, 4.69) is 14.7 Å². The highest BCUT2D eigenvalue weighted by atomic mass is 32.2. The Balaban J connectivity index is 2.28. The van der Waals surface area contributed by atoms with Crippen LogP contribution < -0.4 is 4.72 Å². The van der Waals surface area contributed by atoms with E-state index in [0.29, 0.717) is 0 Å². The molecule has 0 bridgehead atoms. The van der Waals surface area contributed by atoms with Crippen molar-refractivity contribution < 1.29 is 8.42 Å². The molecule has 2 rings (SSSR count). The molecule has 2 aromatic rings. The van der Waals surface area contributed by atoms with Crippen LogP contribution in [0.2, 0.25) is 0 Å². The maximum atomic E-state index is 11.8. The van der Waals surface area contributed by atoms with Crippen molar-refractivity contribution in [3.63, 3.8) is 0 Å². The van der Waals surface area contributed by atoms with Gasteiger partial charge in [0.1, 0.15) is 4.21 Å². The highest BCUT2D eigenvalue weighted by Gasteiger charge is 2.16. The number of nitrogens with zero attached hydrogens (tertiary/aromatic N) is 2. The average Bonchev–Trinajstić information content (AvgIpc) is 2.66. The van der Waals surface area contributed by atoms with E-state index in [1.165, 1.54) is 23.7 Å². The molecule has 7 heteroatoms. The van der Waals surface area contributed by atoms with Gasteiger partial charge in [-0.3, -0.25) is 0 Å². The van der Waals surface area contributed by atoms with Crippen LogP contribution in [-0.4, -0.2) is 18.4 Å². The van der Waals surface area contributed by atoms with Gasteiger partial charge in [-0.15, -0.1) is 11.3 Å². The van der Waals surface area contributed by atoms with E-state index in [9.17, 15) is 8.42 Å². The zero-order valence-corrected chi connectivity index (χ0v) is 10.0. The minimum atomic E-state index is -3.55. The first-order chi connectivity index (χ1) is 7.58. The number of hydrogen-bond acceptors (Lipinski definition) is 5. The maximum absolute atomic E-state index is 11.8. The smallest absolute Gasteiger partial charge is 0.247 e. The Morgan fingerprint density at radius 1 is 1.25 bits per heavy atom. The van der Waals surface area contributed by atoms with Gasteiger partial charge in [-0.1, -0.05) is 0 Å². The van der Waals surface area contributed by atoms with Crippen LogP contribution in [0.1, 0.15) is 4.88 Å². The van der Waals surface area contributed by atoms with Gasteiger partial charge >= 0.3 is 0 Å². The van der Waals surface area contributed by atoms with E-state index in [1.54, 1.807) is 18.2 Å². The summed E-state index contributed by atoms with van der Waals surface area (Å²) >= 11 is 1.21. The molecule has 5 nitrogen and oxygen atoms in total. The Morgan fingerprint density at radius 3 is 2.50 bits per heavy atom. The van der Waals surface area contributed by atoms with E-state index in [0.717, 1.165) is 4.88 Å². The first-order valence-corrected chi connectivity index (χ1v) is 6.74. The summed E-state index contributed by atoms with van der Waals surface area (Å²) in [5, 5.41) is 0. The molecule has 0 aromatic carbocycles. The standard InChI is InChI=1S/C9H9N3O2S2/c1-7-3-4-8(15-7)16(13,14)12-9-10-5-2-6-11-9/h2-6H,1H3,(H,10,11,12). The van der Waals surface area contributed by atoms with Gasteiger partial charge in [0.2, 0.25) is 5.95 Å². The van der Waals surface area contributed by atoms with E-state index < -0.39 is 10.0 Å². The van der Waals surface area contributed by atoms with Crippen LogP contribution in [0.15, 0.2) is 34.8 Å². The zero-order valence-electron chi connectivity index (χ0n) is 8.41. The average molecular weight is 255 g/mol. The number of sulfonamides is 1. The quantitative estimate of drug-likeness (QED) is 0.905. The molecule has 0 atom stereocenters. The van der Waals surface area contributed by atoms with Crippen LogP contribution in [0.25, 0.3) is 0 Å². The molecule has 0 fully saturated rings. The molecule has 16 heavy (non-hydrogen) atoms. The van der Waals surface area contributed by atoms with Gasteiger partial charge in [0, 0.05) is 17.3 Å². The summed E-state index contributed by atoms with van der Waals surface area (Å²) in [5.74, 6) is 0.0774. The summed E-state index contributed by atoms with van der Waals surface area (Å²) in [6, 6.07) is 4.93. The van der Waals surface area contributed by atoms with Crippen LogP contribution in [0.4, 0.5) is 5.95 Å². The zero-order chi connectivity index (χ0) is 11.6. The van der Waals surface area contributed by atoms with Crippen LogP contribution in [0, 0.1) is 6.92 Å². The van der Waals surface area contributed by atoms with Gasteiger partial charge in [0.15, 0.2) is 0 Å². The molecule has 1 N–H and O–H groups in total. The third-order valence-corrected chi connectivity index (χ3v) is 4.59. The van der Waals surface area contributed by atoms with Gasteiger partial charge in [-0.25, -0.2) is 23.1 Å². The first-order valence-electron chi connectivity index (χ1n) is 4.44. The molecule has 0 aliphatic carbocycles. The van der Waals surface area contributed by atoms with E-state index in [-0.39, 0.29) is 10.2 Å². The Labute approximate surface area is 97.2 Å². The van der Waals surface area contributed by atoms with Crippen molar-refractivity contribution in [2.45, 2.75) is 11.1 Å². The van der Waals surface area contributed by atoms with Gasteiger partial charge in [-0.05, 0) is 25.1 Å². The normalized spacial score (nSPS) is 11.3. The van der Waals surface area contributed by atoms with Gasteiger partial charge in [0.25, 0.3) is 10.0 Å². The monoisotopic (exact) mass is 255 g/mol. The Kier molecular flexibility index (Phi) is 2.88. The number of nitrogens with one attached hydrogen (secondary N) is 1. The van der Waals surface area contributed by atoms with Crippen molar-refractivity contribution >= 4 is 27.3 Å². The predicted octanol–water partition coefficient (Wildman–Crippen LogP) is 1.65. The number of aryl methyl sites for hydroxylation is 1. The lowest BCUT2D eigenvalue weighted by Gasteiger charge is -2.02. The fraction of sp³-hybridized carbons (Fsp3) is 0.111. The number of aromatic nitrogens is 2. The van der Waals surface area contributed by atoms with Gasteiger partial charge < -0.3 is 0 Å². The fourth-order valence-corrected chi connectivity index (χ4v) is 3.32. The topological polar surface area (TPSA) is 72.0 Å². The summed E-state index contributed by atoms with van der Waals surface area (Å²) in [6.45, 7) is 1.85. The number of rotatable bonds is 3. The second-order valence-corrected chi connectivity index (χ2v) is 6.24. The number of thiophene rings is 1. The second-order valence-electron chi connectivity index (χ2n) is 3.04. The maximum Gasteiger partial charge on any atom is 0.273 e. The van der Waals surface area contributed by atoms with Crippen molar-refractivity contribution in [2.75, 3.05) is 4.72 Å². The summed E-state index contributed by atoms with van der Waals surface area (Å²) in [5.41, 5.74) is 0. The lowest BCUT2D eigenvalue weighted by Crippen LogP contribution is -2.13. The van der Waals surface area contributed by atoms with Crippen LogP contribution in [0.5, 0.6) is 0 Å². The Bertz CT molecular complexity index is 578. The summed E-state index contributed by atoms with van der Waals surface area (Å²) < 4.78 is 26.2. The lowest BCUT2D eigenvalue weighted by atomic mass is 10.5. The Hall–Kier alpha value is -1.47. The largest absolute Gasteiger partial charge is 0.273 e. The van der Waals surface area contributed by atoms with E-state index >= 15 is 0 Å². The SMILES string of the molecule is Cc1ccc(S(=O)(=O)Nc2ncccn2)s1. The molecule has 0 saturated heterocycles. The molecule has 84 valence electrons. The van der Waals surface area contributed by atoms with Gasteiger partial charge in [0.05, 0.1) is 0 Å². The summed E-state index contributed by atoms with van der Waals surface area (Å²) in [7, 11) is -3.55. The number of hydrogen-bond donors (Lipinski definition) is 1. The molecule has 0 unspecified atom stereocenters. The second kappa shape index (κ2) is 4.18. The van der Waals surface area contributed by atoms with Gasteiger partial charge in [-0.2, -0.15) is 0 Å². The molecule has 0 aliphatic heterocycles. The van der Waals surface area contributed by atoms with Crippen molar-refractivity contribution in [1.29, 1.82) is 0 Å². The molecule has 2 aromatic heterocycles. The Morgan fingerprint density at radius 2 is 1.94 bits per heavy atom. The molecule has 2 heterocycles. The molecular formula is C9H9N3O2S2. The molecule has 0 aliphatic rings. The molecule has 0 saturated carbocycles. The minimum absolute atomic E-state index is 0.0774. The van der Waals surface area contributed by atoms with Crippen LogP contribution in [0.3, 0.4) is 0 Å². The van der Waals surface area contributed by atoms with E-state index in [4.69, 9.17) is 0 Å². The highest BCUT2D eigenvalue weighted by Crippen LogP contribution is 2.21. The van der Waals surface area contributed by atoms with Crippen molar-refractivity contribution in [3.05, 3.63) is 35.5 Å². The third-order valence-electron chi connectivity index (χ3n) is 1.77. The van der Waals surface area contributed by atoms with Crippen molar-refractivity contribution in [2.24, 2.45) is 0 Å². The minimum Gasteiger partial charge on any atom is -0.247 e. The van der Waals surface area contributed by atoms with E-state index in [1.807, 2.05) is 6.92 Å². The third kappa shape index (κ3) is 2.37. The summed E-state index contributed by atoms with van der Waals surface area (Å²) in [6.07, 6.45) is 2.95. The summed E-state index contributed by atoms with van der Waals surface area (Å²) in [4.78, 5) is 8.54.